The number of hydrogen-bond donors (Lipinski definition) is 1. The monoisotopic (exact) mass is 271 g/mol. The molecule has 3 nitrogen and oxygen atoms in total. The van der Waals surface area contributed by atoms with Crippen molar-refractivity contribution in [3.8, 4) is 6.07 Å². The van der Waals surface area contributed by atoms with Gasteiger partial charge in [-0.25, -0.2) is 0 Å². The predicted molar refractivity (Wildman–Crippen MR) is 80.4 cm³/mol. The van der Waals surface area contributed by atoms with Gasteiger partial charge >= 0.3 is 0 Å². The Bertz CT molecular complexity index is 580. The number of nitriles is 1. The minimum atomic E-state index is 0.173. The predicted octanol–water partition coefficient (Wildman–Crippen LogP) is 3.06. The summed E-state index contributed by atoms with van der Waals surface area (Å²) < 4.78 is 0. The van der Waals surface area contributed by atoms with E-state index in [2.05, 4.69) is 30.0 Å². The normalized spacial score (nSPS) is 11.9. The number of nitrogens with two attached hydrogens (primary N) is 1. The molecule has 0 spiro atoms. The van der Waals surface area contributed by atoms with Crippen LogP contribution in [-0.4, -0.2) is 13.6 Å². The molecule has 98 valence electrons. The van der Waals surface area contributed by atoms with Crippen molar-refractivity contribution < 1.29 is 0 Å². The molecule has 2 rings (SSSR count). The first kappa shape index (κ1) is 13.6. The summed E-state index contributed by atoms with van der Waals surface area (Å²) in [7, 11) is 2.04. The highest BCUT2D eigenvalue weighted by atomic mass is 32.1. The molecule has 1 unspecified atom stereocenters. The second kappa shape index (κ2) is 5.87. The number of aryl methyl sites for hydroxylation is 1. The van der Waals surface area contributed by atoms with E-state index in [0.29, 0.717) is 12.1 Å². The average Bonchev–Trinajstić information content (AvgIpc) is 2.86. The molecule has 2 N–H and O–H groups in total. The Labute approximate surface area is 117 Å². The zero-order valence-electron chi connectivity index (χ0n) is 11.1. The highest BCUT2D eigenvalue weighted by Gasteiger charge is 2.17. The Morgan fingerprint density at radius 3 is 2.42 bits per heavy atom. The van der Waals surface area contributed by atoms with Crippen molar-refractivity contribution in [2.45, 2.75) is 13.0 Å². The third kappa shape index (κ3) is 2.95. The van der Waals surface area contributed by atoms with Gasteiger partial charge in [-0.05, 0) is 43.3 Å². The fraction of sp³-hybridized carbons (Fsp3) is 0.267. The number of nitrogens with zero attached hydrogens (tertiary/aromatic N) is 2. The van der Waals surface area contributed by atoms with E-state index < -0.39 is 0 Å². The molecule has 1 heterocycles. The summed E-state index contributed by atoms with van der Waals surface area (Å²) in [6.45, 7) is 2.67. The standard InChI is InChI=1S/C15H17N3S/c1-11-3-8-15(19-11)14(10-17)18(2)13-6-4-12(9-16)5-7-13/h3-8,14H,10,17H2,1-2H3. The summed E-state index contributed by atoms with van der Waals surface area (Å²) >= 11 is 1.78. The fourth-order valence-electron chi connectivity index (χ4n) is 2.05. The van der Waals surface area contributed by atoms with Crippen molar-refractivity contribution in [3.63, 3.8) is 0 Å². The van der Waals surface area contributed by atoms with E-state index in [1.807, 2.05) is 31.3 Å². The van der Waals surface area contributed by atoms with Gasteiger partial charge in [-0.2, -0.15) is 5.26 Å². The fourth-order valence-corrected chi connectivity index (χ4v) is 3.08. The minimum Gasteiger partial charge on any atom is -0.365 e. The minimum absolute atomic E-state index is 0.173. The highest BCUT2D eigenvalue weighted by Crippen LogP contribution is 2.29. The maximum atomic E-state index is 8.82. The molecule has 1 aromatic carbocycles. The molecule has 0 amide bonds. The van der Waals surface area contributed by atoms with Crippen molar-refractivity contribution in [2.24, 2.45) is 5.73 Å². The molecule has 1 aromatic heterocycles. The van der Waals surface area contributed by atoms with Crippen molar-refractivity contribution in [1.82, 2.24) is 0 Å². The molecule has 0 aliphatic heterocycles. The van der Waals surface area contributed by atoms with Crippen LogP contribution < -0.4 is 10.6 Å². The Kier molecular flexibility index (Phi) is 4.20. The molecule has 1 atom stereocenters. The first-order valence-electron chi connectivity index (χ1n) is 6.15. The molecular formula is C15H17N3S. The van der Waals surface area contributed by atoms with Crippen LogP contribution in [0.3, 0.4) is 0 Å². The largest absolute Gasteiger partial charge is 0.365 e. The van der Waals surface area contributed by atoms with Crippen molar-refractivity contribution in [1.29, 1.82) is 5.26 Å². The van der Waals surface area contributed by atoms with Gasteiger partial charge in [-0.15, -0.1) is 11.3 Å². The molecular weight excluding hydrogens is 254 g/mol. The summed E-state index contributed by atoms with van der Waals surface area (Å²) in [5, 5.41) is 8.82. The molecule has 0 radical (unpaired) electrons. The Morgan fingerprint density at radius 2 is 1.95 bits per heavy atom. The lowest BCUT2D eigenvalue weighted by Crippen LogP contribution is -2.29. The first-order valence-corrected chi connectivity index (χ1v) is 6.96. The lowest BCUT2D eigenvalue weighted by atomic mass is 10.1. The van der Waals surface area contributed by atoms with Gasteiger partial charge in [-0.1, -0.05) is 0 Å². The van der Waals surface area contributed by atoms with Crippen LogP contribution in [0.4, 0.5) is 5.69 Å². The van der Waals surface area contributed by atoms with Crippen LogP contribution in [0.15, 0.2) is 36.4 Å². The number of hydrogen-bond acceptors (Lipinski definition) is 4. The lowest BCUT2D eigenvalue weighted by Gasteiger charge is -2.28. The highest BCUT2D eigenvalue weighted by molar-refractivity contribution is 7.12. The molecule has 0 saturated carbocycles. The van der Waals surface area contributed by atoms with E-state index in [4.69, 9.17) is 11.0 Å². The van der Waals surface area contributed by atoms with Gasteiger partial charge in [0.2, 0.25) is 0 Å². The summed E-state index contributed by atoms with van der Waals surface area (Å²) in [4.78, 5) is 4.72. The van der Waals surface area contributed by atoms with Gasteiger partial charge in [0.1, 0.15) is 0 Å². The van der Waals surface area contributed by atoms with Gasteiger partial charge in [0.25, 0.3) is 0 Å². The Hall–Kier alpha value is -1.83. The number of benzene rings is 1. The SMILES string of the molecule is Cc1ccc(C(CN)N(C)c2ccc(C#N)cc2)s1. The van der Waals surface area contributed by atoms with Crippen LogP contribution in [0.5, 0.6) is 0 Å². The first-order chi connectivity index (χ1) is 9.15. The van der Waals surface area contributed by atoms with Crippen LogP contribution in [0.25, 0.3) is 0 Å². The third-order valence-electron chi connectivity index (χ3n) is 3.18. The molecule has 2 aromatic rings. The summed E-state index contributed by atoms with van der Waals surface area (Å²) in [5.41, 5.74) is 7.67. The van der Waals surface area contributed by atoms with Gasteiger partial charge in [0.15, 0.2) is 0 Å². The zero-order chi connectivity index (χ0) is 13.8. The van der Waals surface area contributed by atoms with Gasteiger partial charge in [0.05, 0.1) is 17.7 Å². The van der Waals surface area contributed by atoms with E-state index in [9.17, 15) is 0 Å². The van der Waals surface area contributed by atoms with E-state index in [-0.39, 0.29) is 6.04 Å². The van der Waals surface area contributed by atoms with Crippen LogP contribution in [-0.2, 0) is 0 Å². The van der Waals surface area contributed by atoms with Crippen LogP contribution >= 0.6 is 11.3 Å². The topological polar surface area (TPSA) is 53.0 Å². The molecule has 0 aliphatic rings. The maximum Gasteiger partial charge on any atom is 0.0991 e. The van der Waals surface area contributed by atoms with E-state index in [1.165, 1.54) is 9.75 Å². The second-order valence-corrected chi connectivity index (χ2v) is 5.79. The molecule has 0 fully saturated rings. The number of rotatable bonds is 4. The van der Waals surface area contributed by atoms with E-state index in [1.54, 1.807) is 11.3 Å². The molecule has 0 bridgehead atoms. The molecule has 0 aliphatic carbocycles. The van der Waals surface area contributed by atoms with Gasteiger partial charge in [0, 0.05) is 29.0 Å². The second-order valence-electron chi connectivity index (χ2n) is 4.47. The summed E-state index contributed by atoms with van der Waals surface area (Å²) in [6.07, 6.45) is 0. The van der Waals surface area contributed by atoms with Gasteiger partial charge < -0.3 is 10.6 Å². The number of anilines is 1. The Morgan fingerprint density at radius 1 is 1.26 bits per heavy atom. The van der Waals surface area contributed by atoms with Crippen LogP contribution in [0, 0.1) is 18.3 Å². The number of likely N-dealkylation sites (N-methyl/N-ethyl adjacent to an activating group) is 1. The molecule has 4 heteroatoms. The van der Waals surface area contributed by atoms with Crippen molar-refractivity contribution >= 4 is 17.0 Å². The smallest absolute Gasteiger partial charge is 0.0991 e. The zero-order valence-corrected chi connectivity index (χ0v) is 11.9. The maximum absolute atomic E-state index is 8.82. The Balaban J connectivity index is 2.25. The lowest BCUT2D eigenvalue weighted by molar-refractivity contribution is 0.692. The van der Waals surface area contributed by atoms with Gasteiger partial charge in [-0.3, -0.25) is 0 Å². The molecule has 19 heavy (non-hydrogen) atoms. The summed E-state index contributed by atoms with van der Waals surface area (Å²) in [5.74, 6) is 0. The summed E-state index contributed by atoms with van der Waals surface area (Å²) in [6, 6.07) is 14.1. The third-order valence-corrected chi connectivity index (χ3v) is 4.29. The van der Waals surface area contributed by atoms with Crippen molar-refractivity contribution in [3.05, 3.63) is 51.7 Å². The van der Waals surface area contributed by atoms with E-state index >= 15 is 0 Å². The average molecular weight is 271 g/mol. The van der Waals surface area contributed by atoms with Crippen LogP contribution in [0.1, 0.15) is 21.4 Å². The van der Waals surface area contributed by atoms with Crippen molar-refractivity contribution in [2.75, 3.05) is 18.5 Å². The molecule has 0 saturated heterocycles. The number of thiophene rings is 1. The van der Waals surface area contributed by atoms with E-state index in [0.717, 1.165) is 5.69 Å². The van der Waals surface area contributed by atoms with Crippen LogP contribution in [0.2, 0.25) is 0 Å². The quantitative estimate of drug-likeness (QED) is 0.929.